The molecule has 0 fully saturated rings. The number of ether oxygens (including phenoxy) is 1. The lowest BCUT2D eigenvalue weighted by molar-refractivity contribution is -0.135. The highest BCUT2D eigenvalue weighted by atomic mass is 35.5. The fraction of sp³-hybridized carbons (Fsp3) is 0.429. The third-order valence-electron chi connectivity index (χ3n) is 2.67. The molecule has 2 amide bonds. The van der Waals surface area contributed by atoms with E-state index < -0.39 is 5.91 Å². The summed E-state index contributed by atoms with van der Waals surface area (Å²) in [6.07, 6.45) is 0. The quantitative estimate of drug-likeness (QED) is 0.636. The maximum atomic E-state index is 12.1. The van der Waals surface area contributed by atoms with Crippen molar-refractivity contribution in [2.24, 2.45) is 5.73 Å². The van der Waals surface area contributed by atoms with Crippen LogP contribution in [-0.4, -0.2) is 50.1 Å². The number of carbonyl (C=O) groups is 2. The van der Waals surface area contributed by atoms with E-state index in [1.165, 1.54) is 4.90 Å². The van der Waals surface area contributed by atoms with Gasteiger partial charge in [-0.3, -0.25) is 9.59 Å². The van der Waals surface area contributed by atoms with Crippen molar-refractivity contribution in [3.05, 3.63) is 35.9 Å². The van der Waals surface area contributed by atoms with Gasteiger partial charge >= 0.3 is 0 Å². The van der Waals surface area contributed by atoms with E-state index in [1.54, 1.807) is 7.11 Å². The molecule has 3 N–H and O–H groups in total. The monoisotopic (exact) mass is 315 g/mol. The topological polar surface area (TPSA) is 84.7 Å². The second-order valence-electron chi connectivity index (χ2n) is 4.37. The summed E-state index contributed by atoms with van der Waals surface area (Å²) in [4.78, 5) is 24.6. The van der Waals surface area contributed by atoms with Crippen LogP contribution in [0.5, 0.6) is 0 Å². The third kappa shape index (κ3) is 8.29. The molecule has 0 saturated heterocycles. The molecular weight excluding hydrogens is 294 g/mol. The highest BCUT2D eigenvalue weighted by Crippen LogP contribution is 2.04. The molecule has 0 aromatic heterocycles. The maximum absolute atomic E-state index is 12.1. The molecule has 21 heavy (non-hydrogen) atoms. The van der Waals surface area contributed by atoms with Crippen molar-refractivity contribution in [1.82, 2.24) is 10.2 Å². The molecule has 6 nitrogen and oxygen atoms in total. The lowest BCUT2D eigenvalue weighted by Gasteiger charge is -2.21. The number of nitrogens with two attached hydrogens (primary N) is 1. The van der Waals surface area contributed by atoms with Gasteiger partial charge in [-0.15, -0.1) is 12.4 Å². The molecular formula is C14H22ClN3O3. The summed E-state index contributed by atoms with van der Waals surface area (Å²) >= 11 is 0. The van der Waals surface area contributed by atoms with Gasteiger partial charge in [-0.25, -0.2) is 0 Å². The number of nitrogens with one attached hydrogen (secondary N) is 1. The van der Waals surface area contributed by atoms with Crippen LogP contribution in [-0.2, 0) is 20.9 Å². The van der Waals surface area contributed by atoms with E-state index in [2.05, 4.69) is 5.32 Å². The molecule has 0 bridgehead atoms. The molecule has 118 valence electrons. The molecule has 0 heterocycles. The molecule has 0 aliphatic heterocycles. The fourth-order valence-electron chi connectivity index (χ4n) is 1.71. The number of amides is 2. The maximum Gasteiger partial charge on any atom is 0.237 e. The summed E-state index contributed by atoms with van der Waals surface area (Å²) in [5, 5.41) is 2.96. The summed E-state index contributed by atoms with van der Waals surface area (Å²) in [5.41, 5.74) is 6.15. The van der Waals surface area contributed by atoms with Crippen molar-refractivity contribution in [1.29, 1.82) is 0 Å². The van der Waals surface area contributed by atoms with Gasteiger partial charge in [0.15, 0.2) is 0 Å². The van der Waals surface area contributed by atoms with E-state index in [9.17, 15) is 9.59 Å². The summed E-state index contributed by atoms with van der Waals surface area (Å²) in [7, 11) is 1.60. The SMILES string of the molecule is COCCNCC(=O)N(CC(N)=O)Cc1ccccc1.Cl. The first kappa shape index (κ1) is 19.4. The van der Waals surface area contributed by atoms with Crippen LogP contribution in [0.2, 0.25) is 0 Å². The Morgan fingerprint density at radius 2 is 1.95 bits per heavy atom. The van der Waals surface area contributed by atoms with E-state index in [0.29, 0.717) is 19.7 Å². The predicted molar refractivity (Wildman–Crippen MR) is 83.0 cm³/mol. The normalized spacial score (nSPS) is 9.76. The number of primary amides is 1. The number of benzene rings is 1. The van der Waals surface area contributed by atoms with Crippen LogP contribution in [0.3, 0.4) is 0 Å². The van der Waals surface area contributed by atoms with Gasteiger partial charge < -0.3 is 20.7 Å². The Kier molecular flexibility index (Phi) is 10.2. The van der Waals surface area contributed by atoms with Crippen LogP contribution in [0.4, 0.5) is 0 Å². The van der Waals surface area contributed by atoms with E-state index in [0.717, 1.165) is 5.56 Å². The van der Waals surface area contributed by atoms with Gasteiger partial charge in [0.1, 0.15) is 0 Å². The standard InChI is InChI=1S/C14H21N3O3.ClH/c1-20-8-7-16-9-14(19)17(11-13(15)18)10-12-5-3-2-4-6-12;/h2-6,16H,7-11H2,1H3,(H2,15,18);1H. The van der Waals surface area contributed by atoms with Crippen LogP contribution >= 0.6 is 12.4 Å². The first-order valence-electron chi connectivity index (χ1n) is 6.43. The second-order valence-corrected chi connectivity index (χ2v) is 4.37. The smallest absolute Gasteiger partial charge is 0.237 e. The fourth-order valence-corrected chi connectivity index (χ4v) is 1.71. The van der Waals surface area contributed by atoms with Gasteiger partial charge in [-0.2, -0.15) is 0 Å². The first-order valence-corrected chi connectivity index (χ1v) is 6.43. The van der Waals surface area contributed by atoms with Gasteiger partial charge in [-0.1, -0.05) is 30.3 Å². The third-order valence-corrected chi connectivity index (χ3v) is 2.67. The van der Waals surface area contributed by atoms with Gasteiger partial charge in [-0.05, 0) is 5.56 Å². The second kappa shape index (κ2) is 11.1. The number of carbonyl (C=O) groups excluding carboxylic acids is 2. The van der Waals surface area contributed by atoms with Crippen LogP contribution in [0, 0.1) is 0 Å². The minimum atomic E-state index is -0.522. The average Bonchev–Trinajstić information content (AvgIpc) is 2.43. The summed E-state index contributed by atoms with van der Waals surface area (Å²) in [5.74, 6) is -0.685. The Bertz CT molecular complexity index is 429. The minimum absolute atomic E-state index is 0. The lowest BCUT2D eigenvalue weighted by Crippen LogP contribution is -2.42. The van der Waals surface area contributed by atoms with Crippen molar-refractivity contribution in [2.45, 2.75) is 6.54 Å². The van der Waals surface area contributed by atoms with Crippen LogP contribution in [0.1, 0.15) is 5.56 Å². The predicted octanol–water partition coefficient (Wildman–Crippen LogP) is 0.158. The van der Waals surface area contributed by atoms with Gasteiger partial charge in [0, 0.05) is 20.2 Å². The Morgan fingerprint density at radius 3 is 2.52 bits per heavy atom. The van der Waals surface area contributed by atoms with E-state index in [4.69, 9.17) is 10.5 Å². The number of rotatable bonds is 9. The number of halogens is 1. The molecule has 0 spiro atoms. The Morgan fingerprint density at radius 1 is 1.29 bits per heavy atom. The van der Waals surface area contributed by atoms with Gasteiger partial charge in [0.05, 0.1) is 19.7 Å². The zero-order chi connectivity index (χ0) is 14.8. The summed E-state index contributed by atoms with van der Waals surface area (Å²) < 4.78 is 4.88. The molecule has 1 rings (SSSR count). The molecule has 0 aliphatic carbocycles. The zero-order valence-corrected chi connectivity index (χ0v) is 12.9. The van der Waals surface area contributed by atoms with Crippen molar-refractivity contribution in [2.75, 3.05) is 33.4 Å². The number of hydrogen-bond acceptors (Lipinski definition) is 4. The Labute approximate surface area is 131 Å². The molecule has 0 saturated carbocycles. The van der Waals surface area contributed by atoms with Crippen molar-refractivity contribution < 1.29 is 14.3 Å². The molecule has 0 unspecified atom stereocenters. The van der Waals surface area contributed by atoms with Crippen molar-refractivity contribution >= 4 is 24.2 Å². The Hall–Kier alpha value is -1.63. The van der Waals surface area contributed by atoms with Crippen molar-refractivity contribution in [3.63, 3.8) is 0 Å². The van der Waals surface area contributed by atoms with Crippen LogP contribution in [0.15, 0.2) is 30.3 Å². The van der Waals surface area contributed by atoms with E-state index in [-0.39, 0.29) is 31.4 Å². The molecule has 0 atom stereocenters. The highest BCUT2D eigenvalue weighted by molar-refractivity contribution is 5.85. The number of methoxy groups -OCH3 is 1. The lowest BCUT2D eigenvalue weighted by atomic mass is 10.2. The molecule has 0 radical (unpaired) electrons. The van der Waals surface area contributed by atoms with Crippen LogP contribution in [0.25, 0.3) is 0 Å². The Balaban J connectivity index is 0.00000400. The van der Waals surface area contributed by atoms with Gasteiger partial charge in [0.2, 0.25) is 11.8 Å². The van der Waals surface area contributed by atoms with E-state index in [1.807, 2.05) is 30.3 Å². The number of hydrogen-bond donors (Lipinski definition) is 2. The minimum Gasteiger partial charge on any atom is -0.383 e. The van der Waals surface area contributed by atoms with Crippen LogP contribution < -0.4 is 11.1 Å². The zero-order valence-electron chi connectivity index (χ0n) is 12.1. The molecule has 7 heteroatoms. The first-order chi connectivity index (χ1) is 9.63. The highest BCUT2D eigenvalue weighted by Gasteiger charge is 2.15. The average molecular weight is 316 g/mol. The molecule has 1 aromatic carbocycles. The molecule has 0 aliphatic rings. The van der Waals surface area contributed by atoms with Gasteiger partial charge in [0.25, 0.3) is 0 Å². The number of nitrogens with zero attached hydrogens (tertiary/aromatic N) is 1. The largest absolute Gasteiger partial charge is 0.383 e. The summed E-state index contributed by atoms with van der Waals surface area (Å²) in [6, 6.07) is 9.48. The molecule has 1 aromatic rings. The summed E-state index contributed by atoms with van der Waals surface area (Å²) in [6.45, 7) is 1.55. The van der Waals surface area contributed by atoms with E-state index >= 15 is 0 Å². The van der Waals surface area contributed by atoms with Crippen molar-refractivity contribution in [3.8, 4) is 0 Å².